The number of sulfonamides is 1. The van der Waals surface area contributed by atoms with Gasteiger partial charge in [0.15, 0.2) is 0 Å². The fourth-order valence-electron chi connectivity index (χ4n) is 3.01. The molecule has 1 aromatic carbocycles. The lowest BCUT2D eigenvalue weighted by atomic mass is 10.2. The molecule has 0 radical (unpaired) electrons. The third kappa shape index (κ3) is 3.92. The van der Waals surface area contributed by atoms with E-state index in [1.54, 1.807) is 19.2 Å². The van der Waals surface area contributed by atoms with Crippen LogP contribution >= 0.6 is 11.3 Å². The summed E-state index contributed by atoms with van der Waals surface area (Å²) in [5.41, 5.74) is 0.931. The molecule has 2 heterocycles. The van der Waals surface area contributed by atoms with Crippen molar-refractivity contribution < 1.29 is 17.9 Å². The molecule has 140 valence electrons. The Kier molecular flexibility index (Phi) is 5.64. The maximum absolute atomic E-state index is 12.8. The van der Waals surface area contributed by atoms with Crippen molar-refractivity contribution in [2.75, 3.05) is 13.7 Å². The number of hydrogen-bond acceptors (Lipinski definition) is 5. The lowest BCUT2D eigenvalue weighted by Gasteiger charge is -2.22. The SMILES string of the molecule is COc1ccc(CNC(=O)[C@@H]2CCCN2S(=O)(=O)c2ccc(C)s2)cc1. The van der Waals surface area contributed by atoms with Crippen molar-refractivity contribution in [2.45, 2.75) is 36.6 Å². The van der Waals surface area contributed by atoms with Crippen LogP contribution in [0, 0.1) is 6.92 Å². The van der Waals surface area contributed by atoms with Gasteiger partial charge >= 0.3 is 0 Å². The van der Waals surface area contributed by atoms with Gasteiger partial charge in [-0.25, -0.2) is 8.42 Å². The molecule has 0 saturated carbocycles. The molecule has 3 rings (SSSR count). The molecule has 0 spiro atoms. The lowest BCUT2D eigenvalue weighted by Crippen LogP contribution is -2.45. The van der Waals surface area contributed by atoms with E-state index in [-0.39, 0.29) is 5.91 Å². The van der Waals surface area contributed by atoms with E-state index in [1.165, 1.54) is 15.6 Å². The zero-order valence-corrected chi connectivity index (χ0v) is 16.4. The highest BCUT2D eigenvalue weighted by Crippen LogP contribution is 2.30. The summed E-state index contributed by atoms with van der Waals surface area (Å²) in [4.78, 5) is 13.5. The molecule has 1 saturated heterocycles. The number of hydrogen-bond donors (Lipinski definition) is 1. The first-order chi connectivity index (χ1) is 12.4. The fraction of sp³-hybridized carbons (Fsp3) is 0.389. The molecule has 1 atom stereocenters. The highest BCUT2D eigenvalue weighted by Gasteiger charge is 2.39. The molecule has 1 N–H and O–H groups in total. The van der Waals surface area contributed by atoms with Crippen LogP contribution in [0.1, 0.15) is 23.3 Å². The van der Waals surface area contributed by atoms with Gasteiger partial charge in [-0.2, -0.15) is 4.31 Å². The minimum absolute atomic E-state index is 0.254. The number of ether oxygens (including phenoxy) is 1. The number of thiophene rings is 1. The zero-order valence-electron chi connectivity index (χ0n) is 14.8. The number of amides is 1. The van der Waals surface area contributed by atoms with Crippen LogP contribution in [0.3, 0.4) is 0 Å². The molecule has 6 nitrogen and oxygen atoms in total. The van der Waals surface area contributed by atoms with Gasteiger partial charge in [0.25, 0.3) is 10.0 Å². The van der Waals surface area contributed by atoms with Crippen molar-refractivity contribution in [2.24, 2.45) is 0 Å². The molecule has 1 aromatic heterocycles. The van der Waals surface area contributed by atoms with Crippen molar-refractivity contribution in [1.29, 1.82) is 0 Å². The van der Waals surface area contributed by atoms with Crippen molar-refractivity contribution in [3.8, 4) is 5.75 Å². The number of nitrogens with one attached hydrogen (secondary N) is 1. The Hall–Kier alpha value is -1.90. The van der Waals surface area contributed by atoms with Crippen molar-refractivity contribution in [3.63, 3.8) is 0 Å². The van der Waals surface area contributed by atoms with E-state index in [9.17, 15) is 13.2 Å². The van der Waals surface area contributed by atoms with E-state index in [0.717, 1.165) is 16.2 Å². The molecule has 0 bridgehead atoms. The number of aryl methyl sites for hydroxylation is 1. The average molecular weight is 395 g/mol. The lowest BCUT2D eigenvalue weighted by molar-refractivity contribution is -0.124. The van der Waals surface area contributed by atoms with Crippen molar-refractivity contribution in [3.05, 3.63) is 46.8 Å². The second-order valence-corrected chi connectivity index (χ2v) is 9.61. The van der Waals surface area contributed by atoms with Crippen LogP contribution in [0.15, 0.2) is 40.6 Å². The number of carbonyl (C=O) groups excluding carboxylic acids is 1. The van der Waals surface area contributed by atoms with Crippen LogP contribution in [0.4, 0.5) is 0 Å². The standard InChI is InChI=1S/C18H22N2O4S2/c1-13-5-10-17(25-13)26(22,23)20-11-3-4-16(20)18(21)19-12-14-6-8-15(24-2)9-7-14/h5-10,16H,3-4,11-12H2,1-2H3,(H,19,21)/t16-/m0/s1. The molecule has 1 fully saturated rings. The highest BCUT2D eigenvalue weighted by molar-refractivity contribution is 7.91. The number of nitrogens with zero attached hydrogens (tertiary/aromatic N) is 1. The Balaban J connectivity index is 1.68. The van der Waals surface area contributed by atoms with Gasteiger partial charge in [0, 0.05) is 18.0 Å². The minimum Gasteiger partial charge on any atom is -0.497 e. The number of methoxy groups -OCH3 is 1. The van der Waals surface area contributed by atoms with Gasteiger partial charge < -0.3 is 10.1 Å². The smallest absolute Gasteiger partial charge is 0.253 e. The van der Waals surface area contributed by atoms with E-state index in [1.807, 2.05) is 31.2 Å². The van der Waals surface area contributed by atoms with Gasteiger partial charge in [-0.05, 0) is 49.6 Å². The maximum Gasteiger partial charge on any atom is 0.253 e. The first-order valence-electron chi connectivity index (χ1n) is 8.41. The van der Waals surface area contributed by atoms with Crippen LogP contribution in [0.5, 0.6) is 5.75 Å². The van der Waals surface area contributed by atoms with Gasteiger partial charge in [-0.1, -0.05) is 12.1 Å². The third-order valence-electron chi connectivity index (χ3n) is 4.41. The van der Waals surface area contributed by atoms with E-state index in [0.29, 0.717) is 30.1 Å². The monoisotopic (exact) mass is 394 g/mol. The summed E-state index contributed by atoms with van der Waals surface area (Å²) in [6.07, 6.45) is 1.22. The number of benzene rings is 1. The van der Waals surface area contributed by atoms with Crippen molar-refractivity contribution in [1.82, 2.24) is 9.62 Å². The van der Waals surface area contributed by atoms with Gasteiger partial charge in [0.2, 0.25) is 5.91 Å². The van der Waals surface area contributed by atoms with E-state index in [4.69, 9.17) is 4.74 Å². The topological polar surface area (TPSA) is 75.7 Å². The predicted octanol–water partition coefficient (Wildman–Crippen LogP) is 2.53. The van der Waals surface area contributed by atoms with E-state index < -0.39 is 16.1 Å². The van der Waals surface area contributed by atoms with Gasteiger partial charge in [-0.3, -0.25) is 4.79 Å². The highest BCUT2D eigenvalue weighted by atomic mass is 32.2. The molecule has 26 heavy (non-hydrogen) atoms. The summed E-state index contributed by atoms with van der Waals surface area (Å²) >= 11 is 1.24. The molecule has 0 unspecified atom stereocenters. The summed E-state index contributed by atoms with van der Waals surface area (Å²) in [7, 11) is -2.03. The Bertz CT molecular complexity index is 875. The van der Waals surface area contributed by atoms with Crippen LogP contribution in [0.2, 0.25) is 0 Å². The average Bonchev–Trinajstić information content (AvgIpc) is 3.30. The second kappa shape index (κ2) is 7.77. The fourth-order valence-corrected chi connectivity index (χ4v) is 6.08. The molecule has 1 amide bonds. The summed E-state index contributed by atoms with van der Waals surface area (Å²) in [6.45, 7) is 2.60. The number of carbonyl (C=O) groups is 1. The Morgan fingerprint density at radius 1 is 1.27 bits per heavy atom. The van der Waals surface area contributed by atoms with Crippen LogP contribution in [-0.2, 0) is 21.4 Å². The van der Waals surface area contributed by atoms with Gasteiger partial charge in [-0.15, -0.1) is 11.3 Å². The van der Waals surface area contributed by atoms with Crippen LogP contribution in [0.25, 0.3) is 0 Å². The van der Waals surface area contributed by atoms with Crippen molar-refractivity contribution >= 4 is 27.3 Å². The van der Waals surface area contributed by atoms with Gasteiger partial charge in [0.1, 0.15) is 16.0 Å². The summed E-state index contributed by atoms with van der Waals surface area (Å²) in [5.74, 6) is 0.495. The van der Waals surface area contributed by atoms with Crippen LogP contribution < -0.4 is 10.1 Å². The molecule has 2 aromatic rings. The van der Waals surface area contributed by atoms with E-state index >= 15 is 0 Å². The normalized spacial score (nSPS) is 18.0. The quantitative estimate of drug-likeness (QED) is 0.817. The largest absolute Gasteiger partial charge is 0.497 e. The molecular formula is C18H22N2O4S2. The van der Waals surface area contributed by atoms with E-state index in [2.05, 4.69) is 5.32 Å². The van der Waals surface area contributed by atoms with Crippen LogP contribution in [-0.4, -0.2) is 38.3 Å². The first-order valence-corrected chi connectivity index (χ1v) is 10.7. The second-order valence-electron chi connectivity index (χ2n) is 6.20. The molecule has 1 aliphatic rings. The molecule has 8 heteroatoms. The maximum atomic E-state index is 12.8. The first kappa shape index (κ1) is 18.9. The summed E-state index contributed by atoms with van der Waals surface area (Å²) < 4.78 is 32.4. The Morgan fingerprint density at radius 3 is 2.62 bits per heavy atom. The Labute approximate surface area is 157 Å². The summed E-state index contributed by atoms with van der Waals surface area (Å²) in [6, 6.07) is 10.1. The molecule has 0 aliphatic carbocycles. The molecular weight excluding hydrogens is 372 g/mol. The molecule has 1 aliphatic heterocycles. The Morgan fingerprint density at radius 2 is 2.00 bits per heavy atom. The minimum atomic E-state index is -3.63. The van der Waals surface area contributed by atoms with Gasteiger partial charge in [0.05, 0.1) is 7.11 Å². The predicted molar refractivity (Wildman–Crippen MR) is 101 cm³/mol. The zero-order chi connectivity index (χ0) is 18.7. The number of rotatable bonds is 6. The summed E-state index contributed by atoms with van der Waals surface area (Å²) in [5, 5.41) is 2.85. The third-order valence-corrected chi connectivity index (χ3v) is 7.79.